The van der Waals surface area contributed by atoms with Crippen molar-refractivity contribution < 1.29 is 9.63 Å². The first-order valence-corrected chi connectivity index (χ1v) is 7.27. The highest BCUT2D eigenvalue weighted by atomic mass is 35.5. The molecule has 2 aromatic carbocycles. The molecule has 0 bridgehead atoms. The van der Waals surface area contributed by atoms with Crippen LogP contribution in [-0.4, -0.2) is 18.7 Å². The molecule has 0 saturated carbocycles. The van der Waals surface area contributed by atoms with E-state index in [0.717, 1.165) is 11.1 Å². The Hall–Kier alpha value is -2.04. The van der Waals surface area contributed by atoms with Crippen molar-refractivity contribution >= 4 is 41.0 Å². The molecule has 2 aromatic rings. The number of halogens is 2. The van der Waals surface area contributed by atoms with Crippen LogP contribution >= 0.6 is 23.2 Å². The number of carbonyl (C=O) groups is 1. The number of nitrogens with zero attached hydrogens (tertiary/aromatic N) is 1. The summed E-state index contributed by atoms with van der Waals surface area (Å²) in [4.78, 5) is 16.7. The lowest BCUT2D eigenvalue weighted by Gasteiger charge is -2.05. The fourth-order valence-electron chi connectivity index (χ4n) is 1.74. The molecule has 2 rings (SSSR count). The van der Waals surface area contributed by atoms with Gasteiger partial charge in [0, 0.05) is 15.7 Å². The van der Waals surface area contributed by atoms with Crippen LogP contribution in [0.1, 0.15) is 11.1 Å². The first-order valence-electron chi connectivity index (χ1n) is 6.51. The number of oxime groups is 1. The topological polar surface area (TPSA) is 50.7 Å². The summed E-state index contributed by atoms with van der Waals surface area (Å²) in [7, 11) is 0. The summed E-state index contributed by atoms with van der Waals surface area (Å²) in [6.07, 6.45) is 1.57. The van der Waals surface area contributed by atoms with Gasteiger partial charge in [0.25, 0.3) is 5.91 Å². The minimum Gasteiger partial charge on any atom is -0.386 e. The Balaban J connectivity index is 1.84. The lowest BCUT2D eigenvalue weighted by atomic mass is 10.1. The predicted octanol–water partition coefficient (Wildman–Crippen LogP) is 4.29. The maximum atomic E-state index is 11.7. The monoisotopic (exact) mass is 336 g/mol. The lowest BCUT2D eigenvalue weighted by molar-refractivity contribution is -0.120. The van der Waals surface area contributed by atoms with Crippen molar-refractivity contribution in [2.24, 2.45) is 5.16 Å². The third-order valence-electron chi connectivity index (χ3n) is 2.80. The lowest BCUT2D eigenvalue weighted by Crippen LogP contribution is -2.17. The van der Waals surface area contributed by atoms with Gasteiger partial charge in [-0.15, -0.1) is 0 Å². The molecule has 0 aromatic heterocycles. The molecule has 0 saturated heterocycles. The third kappa shape index (κ3) is 5.06. The Morgan fingerprint density at radius 2 is 1.91 bits per heavy atom. The number of aryl methyl sites for hydroxylation is 1. The van der Waals surface area contributed by atoms with Crippen molar-refractivity contribution in [3.05, 3.63) is 63.6 Å². The third-order valence-corrected chi connectivity index (χ3v) is 3.23. The number of benzene rings is 2. The normalized spacial score (nSPS) is 10.7. The molecule has 0 heterocycles. The molecule has 0 aliphatic rings. The smallest absolute Gasteiger partial charge is 0.265 e. The molecule has 22 heavy (non-hydrogen) atoms. The Bertz CT molecular complexity index is 682. The van der Waals surface area contributed by atoms with Crippen molar-refractivity contribution in [1.29, 1.82) is 0 Å². The van der Waals surface area contributed by atoms with Gasteiger partial charge >= 0.3 is 0 Å². The standard InChI is InChI=1S/C16H14Cl2N2O2/c1-11-4-2-3-5-12(11)9-19-22-10-16(21)20-15-7-13(17)6-14(18)8-15/h2-9H,10H2,1H3,(H,20,21)/b19-9-. The van der Waals surface area contributed by atoms with E-state index in [1.54, 1.807) is 24.4 Å². The van der Waals surface area contributed by atoms with E-state index in [4.69, 9.17) is 28.0 Å². The average Bonchev–Trinajstić information content (AvgIpc) is 2.44. The second kappa shape index (κ2) is 7.82. The molecule has 0 aliphatic heterocycles. The van der Waals surface area contributed by atoms with E-state index in [1.807, 2.05) is 31.2 Å². The Morgan fingerprint density at radius 3 is 2.59 bits per heavy atom. The van der Waals surface area contributed by atoms with Gasteiger partial charge in [-0.3, -0.25) is 4.79 Å². The molecule has 0 fully saturated rings. The van der Waals surface area contributed by atoms with Gasteiger partial charge in [0.2, 0.25) is 0 Å². The van der Waals surface area contributed by atoms with E-state index in [9.17, 15) is 4.79 Å². The van der Waals surface area contributed by atoms with E-state index in [-0.39, 0.29) is 12.5 Å². The van der Waals surface area contributed by atoms with E-state index in [2.05, 4.69) is 10.5 Å². The fraction of sp³-hybridized carbons (Fsp3) is 0.125. The van der Waals surface area contributed by atoms with Crippen LogP contribution in [0.3, 0.4) is 0 Å². The highest BCUT2D eigenvalue weighted by Crippen LogP contribution is 2.22. The van der Waals surface area contributed by atoms with Crippen LogP contribution in [-0.2, 0) is 9.63 Å². The van der Waals surface area contributed by atoms with Gasteiger partial charge in [-0.1, -0.05) is 52.6 Å². The fourth-order valence-corrected chi connectivity index (χ4v) is 2.27. The molecule has 0 aliphatic carbocycles. The molecule has 4 nitrogen and oxygen atoms in total. The number of rotatable bonds is 5. The van der Waals surface area contributed by atoms with Crippen LogP contribution in [0.2, 0.25) is 10.0 Å². The number of nitrogens with one attached hydrogen (secondary N) is 1. The van der Waals surface area contributed by atoms with E-state index in [1.165, 1.54) is 0 Å². The molecular weight excluding hydrogens is 323 g/mol. The summed E-state index contributed by atoms with van der Waals surface area (Å²) < 4.78 is 0. The molecule has 0 unspecified atom stereocenters. The van der Waals surface area contributed by atoms with E-state index in [0.29, 0.717) is 15.7 Å². The van der Waals surface area contributed by atoms with Gasteiger partial charge in [0.05, 0.1) is 6.21 Å². The second-order valence-electron chi connectivity index (χ2n) is 4.57. The van der Waals surface area contributed by atoms with Crippen molar-refractivity contribution in [2.75, 3.05) is 11.9 Å². The zero-order valence-electron chi connectivity index (χ0n) is 11.8. The van der Waals surface area contributed by atoms with Crippen molar-refractivity contribution in [1.82, 2.24) is 0 Å². The summed E-state index contributed by atoms with van der Waals surface area (Å²) in [6.45, 7) is 1.77. The average molecular weight is 337 g/mol. The zero-order chi connectivity index (χ0) is 15.9. The largest absolute Gasteiger partial charge is 0.386 e. The van der Waals surface area contributed by atoms with Crippen molar-refractivity contribution in [2.45, 2.75) is 6.92 Å². The first-order chi connectivity index (χ1) is 10.5. The van der Waals surface area contributed by atoms with Gasteiger partial charge in [-0.25, -0.2) is 0 Å². The first kappa shape index (κ1) is 16.3. The second-order valence-corrected chi connectivity index (χ2v) is 5.44. The van der Waals surface area contributed by atoms with E-state index >= 15 is 0 Å². The summed E-state index contributed by atoms with van der Waals surface area (Å²) in [5.41, 5.74) is 2.52. The molecule has 0 radical (unpaired) electrons. The zero-order valence-corrected chi connectivity index (χ0v) is 13.4. The molecule has 6 heteroatoms. The van der Waals surface area contributed by atoms with Gasteiger partial charge in [0.1, 0.15) is 0 Å². The van der Waals surface area contributed by atoms with Crippen LogP contribution in [0.5, 0.6) is 0 Å². The highest BCUT2D eigenvalue weighted by molar-refractivity contribution is 6.35. The Morgan fingerprint density at radius 1 is 1.23 bits per heavy atom. The molecule has 0 spiro atoms. The summed E-state index contributed by atoms with van der Waals surface area (Å²) in [5, 5.41) is 7.30. The van der Waals surface area contributed by atoms with Crippen molar-refractivity contribution in [3.8, 4) is 0 Å². The van der Waals surface area contributed by atoms with Crippen LogP contribution in [0.4, 0.5) is 5.69 Å². The highest BCUT2D eigenvalue weighted by Gasteiger charge is 2.04. The maximum absolute atomic E-state index is 11.7. The number of hydrogen-bond donors (Lipinski definition) is 1. The predicted molar refractivity (Wildman–Crippen MR) is 89.8 cm³/mol. The molecule has 0 atom stereocenters. The van der Waals surface area contributed by atoms with Crippen LogP contribution < -0.4 is 5.32 Å². The quantitative estimate of drug-likeness (QED) is 0.654. The maximum Gasteiger partial charge on any atom is 0.265 e. The molecular formula is C16H14Cl2N2O2. The summed E-state index contributed by atoms with van der Waals surface area (Å²) in [5.74, 6) is -0.347. The van der Waals surface area contributed by atoms with Crippen LogP contribution in [0, 0.1) is 6.92 Å². The van der Waals surface area contributed by atoms with Gasteiger partial charge in [-0.05, 0) is 36.2 Å². The van der Waals surface area contributed by atoms with Crippen LogP contribution in [0.25, 0.3) is 0 Å². The number of carbonyl (C=O) groups excluding carboxylic acids is 1. The Labute approximate surface area is 138 Å². The number of amides is 1. The molecule has 1 amide bonds. The van der Waals surface area contributed by atoms with Gasteiger partial charge in [0.15, 0.2) is 6.61 Å². The van der Waals surface area contributed by atoms with Crippen LogP contribution in [0.15, 0.2) is 47.6 Å². The van der Waals surface area contributed by atoms with Gasteiger partial charge < -0.3 is 10.2 Å². The van der Waals surface area contributed by atoms with Gasteiger partial charge in [-0.2, -0.15) is 0 Å². The SMILES string of the molecule is Cc1ccccc1/C=N\OCC(=O)Nc1cc(Cl)cc(Cl)c1. The number of hydrogen-bond acceptors (Lipinski definition) is 3. The van der Waals surface area contributed by atoms with E-state index < -0.39 is 0 Å². The Kier molecular flexibility index (Phi) is 5.81. The van der Waals surface area contributed by atoms with Crippen molar-refractivity contribution in [3.63, 3.8) is 0 Å². The minimum absolute atomic E-state index is 0.202. The summed E-state index contributed by atoms with van der Waals surface area (Å²) in [6, 6.07) is 12.5. The summed E-state index contributed by atoms with van der Waals surface area (Å²) >= 11 is 11.7. The minimum atomic E-state index is -0.347. The molecule has 1 N–H and O–H groups in total. The number of anilines is 1. The molecule has 114 valence electrons.